The fraction of sp³-hybridized carbons (Fsp3) is 0.375. The van der Waals surface area contributed by atoms with E-state index in [-0.39, 0.29) is 18.1 Å². The number of aryl methyl sites for hydroxylation is 2. The van der Waals surface area contributed by atoms with Crippen molar-refractivity contribution in [2.75, 3.05) is 6.61 Å². The summed E-state index contributed by atoms with van der Waals surface area (Å²) >= 11 is 0. The minimum atomic E-state index is -4.50. The molecule has 0 bridgehead atoms. The predicted molar refractivity (Wildman–Crippen MR) is 79.8 cm³/mol. The number of alkyl halides is 3. The van der Waals surface area contributed by atoms with Gasteiger partial charge in [0, 0.05) is 6.92 Å². The molecule has 5 nitrogen and oxygen atoms in total. The van der Waals surface area contributed by atoms with E-state index in [1.54, 1.807) is 20.8 Å². The molecule has 0 fully saturated rings. The summed E-state index contributed by atoms with van der Waals surface area (Å²) < 4.78 is 49.1. The van der Waals surface area contributed by atoms with Crippen LogP contribution in [0.15, 0.2) is 28.7 Å². The van der Waals surface area contributed by atoms with Crippen molar-refractivity contribution in [2.24, 2.45) is 0 Å². The summed E-state index contributed by atoms with van der Waals surface area (Å²) in [6, 6.07) is 4.40. The molecule has 2 rings (SSSR count). The Morgan fingerprint density at radius 2 is 2.00 bits per heavy atom. The van der Waals surface area contributed by atoms with Crippen molar-refractivity contribution < 1.29 is 27.1 Å². The number of ether oxygens (including phenoxy) is 1. The molecule has 0 aliphatic heterocycles. The molecule has 1 N–H and O–H groups in total. The van der Waals surface area contributed by atoms with Gasteiger partial charge in [-0.15, -0.1) is 0 Å². The van der Waals surface area contributed by atoms with Crippen molar-refractivity contribution in [3.8, 4) is 5.75 Å². The predicted octanol–water partition coefficient (Wildman–Crippen LogP) is 3.51. The van der Waals surface area contributed by atoms with Crippen LogP contribution in [0, 0.1) is 13.8 Å². The lowest BCUT2D eigenvalue weighted by atomic mass is 10.2. The van der Waals surface area contributed by atoms with Gasteiger partial charge in [-0.2, -0.15) is 13.2 Å². The molecule has 1 aromatic carbocycles. The Kier molecular flexibility index (Phi) is 5.16. The number of benzene rings is 1. The lowest BCUT2D eigenvalue weighted by Gasteiger charge is -2.17. The lowest BCUT2D eigenvalue weighted by Crippen LogP contribution is -2.37. The average molecular weight is 342 g/mol. The Labute approximate surface area is 136 Å². The number of hydrogen-bond acceptors (Lipinski definition) is 4. The molecule has 1 heterocycles. The van der Waals surface area contributed by atoms with Gasteiger partial charge in [-0.1, -0.05) is 12.1 Å². The maximum atomic E-state index is 12.9. The topological polar surface area (TPSA) is 64.4 Å². The second-order valence-electron chi connectivity index (χ2n) is 5.33. The molecule has 1 atom stereocenters. The van der Waals surface area contributed by atoms with Crippen LogP contribution >= 0.6 is 0 Å². The number of carbonyl (C=O) groups excluding carboxylic acids is 1. The standard InChI is InChI=1S/C16H17F3N2O3/c1-9(20-15(22)14-10(2)21-11(3)24-14)8-23-13-7-5-4-6-12(13)16(17,18)19/h4-7,9H,8H2,1-3H3,(H,20,22)/t9-/m1/s1. The van der Waals surface area contributed by atoms with E-state index >= 15 is 0 Å². The van der Waals surface area contributed by atoms with Crippen molar-refractivity contribution in [2.45, 2.75) is 33.0 Å². The fourth-order valence-corrected chi connectivity index (χ4v) is 2.11. The van der Waals surface area contributed by atoms with Gasteiger partial charge in [0.05, 0.1) is 17.3 Å². The van der Waals surface area contributed by atoms with Crippen LogP contribution in [0.25, 0.3) is 0 Å². The zero-order chi connectivity index (χ0) is 17.9. The maximum absolute atomic E-state index is 12.9. The van der Waals surface area contributed by atoms with E-state index in [1.807, 2.05) is 0 Å². The molecule has 0 unspecified atom stereocenters. The van der Waals surface area contributed by atoms with Crippen molar-refractivity contribution >= 4 is 5.91 Å². The summed E-state index contributed by atoms with van der Waals surface area (Å²) in [7, 11) is 0. The van der Waals surface area contributed by atoms with Crippen molar-refractivity contribution in [3.05, 3.63) is 47.2 Å². The first-order valence-corrected chi connectivity index (χ1v) is 7.22. The maximum Gasteiger partial charge on any atom is 0.419 e. The van der Waals surface area contributed by atoms with E-state index in [2.05, 4.69) is 10.3 Å². The largest absolute Gasteiger partial charge is 0.491 e. The summed E-state index contributed by atoms with van der Waals surface area (Å²) in [4.78, 5) is 16.0. The molecule has 1 aromatic heterocycles. The van der Waals surface area contributed by atoms with Crippen LogP contribution in [-0.4, -0.2) is 23.5 Å². The first kappa shape index (κ1) is 17.8. The van der Waals surface area contributed by atoms with E-state index in [0.29, 0.717) is 11.6 Å². The smallest absolute Gasteiger partial charge is 0.419 e. The number of nitrogens with one attached hydrogen (secondary N) is 1. The Balaban J connectivity index is 1.98. The molecular weight excluding hydrogens is 325 g/mol. The Morgan fingerprint density at radius 3 is 2.58 bits per heavy atom. The van der Waals surface area contributed by atoms with Gasteiger partial charge in [-0.05, 0) is 26.0 Å². The van der Waals surface area contributed by atoms with Crippen molar-refractivity contribution in [3.63, 3.8) is 0 Å². The number of oxazole rings is 1. The summed E-state index contributed by atoms with van der Waals surface area (Å²) in [5, 5.41) is 2.60. The number of carbonyl (C=O) groups is 1. The normalized spacial score (nSPS) is 12.8. The average Bonchev–Trinajstić information content (AvgIpc) is 2.83. The SMILES string of the molecule is Cc1nc(C)c(C(=O)N[C@H](C)COc2ccccc2C(F)(F)F)o1. The van der Waals surface area contributed by atoms with Crippen molar-refractivity contribution in [1.82, 2.24) is 10.3 Å². The van der Waals surface area contributed by atoms with Crippen LogP contribution in [-0.2, 0) is 6.18 Å². The third-order valence-electron chi connectivity index (χ3n) is 3.17. The van der Waals surface area contributed by atoms with Gasteiger partial charge in [-0.3, -0.25) is 4.79 Å². The highest BCUT2D eigenvalue weighted by Gasteiger charge is 2.34. The van der Waals surface area contributed by atoms with Gasteiger partial charge < -0.3 is 14.5 Å². The molecule has 24 heavy (non-hydrogen) atoms. The number of rotatable bonds is 5. The summed E-state index contributed by atoms with van der Waals surface area (Å²) in [6.07, 6.45) is -4.50. The minimum absolute atomic E-state index is 0.0787. The summed E-state index contributed by atoms with van der Waals surface area (Å²) in [6.45, 7) is 4.74. The van der Waals surface area contributed by atoms with Gasteiger partial charge in [0.1, 0.15) is 12.4 Å². The van der Waals surface area contributed by atoms with Crippen molar-refractivity contribution in [1.29, 1.82) is 0 Å². The van der Waals surface area contributed by atoms with Crippen LogP contribution in [0.1, 0.15) is 34.6 Å². The highest BCUT2D eigenvalue weighted by Crippen LogP contribution is 2.35. The molecular formula is C16H17F3N2O3. The lowest BCUT2D eigenvalue weighted by molar-refractivity contribution is -0.139. The van der Waals surface area contributed by atoms with Gasteiger partial charge in [0.15, 0.2) is 5.89 Å². The zero-order valence-corrected chi connectivity index (χ0v) is 13.4. The van der Waals surface area contributed by atoms with Crippen LogP contribution in [0.3, 0.4) is 0 Å². The number of para-hydroxylation sites is 1. The fourth-order valence-electron chi connectivity index (χ4n) is 2.11. The molecule has 0 saturated heterocycles. The van der Waals surface area contributed by atoms with E-state index in [9.17, 15) is 18.0 Å². The second-order valence-corrected chi connectivity index (χ2v) is 5.33. The number of aromatic nitrogens is 1. The van der Waals surface area contributed by atoms with Gasteiger partial charge in [0.2, 0.25) is 5.76 Å². The molecule has 0 spiro atoms. The monoisotopic (exact) mass is 342 g/mol. The molecule has 2 aromatic rings. The van der Waals surface area contributed by atoms with E-state index in [4.69, 9.17) is 9.15 Å². The molecule has 0 aliphatic rings. The zero-order valence-electron chi connectivity index (χ0n) is 13.4. The van der Waals surface area contributed by atoms with Crippen LogP contribution < -0.4 is 10.1 Å². The van der Waals surface area contributed by atoms with E-state index < -0.39 is 23.7 Å². The quantitative estimate of drug-likeness (QED) is 0.903. The Bertz CT molecular complexity index is 726. The van der Waals surface area contributed by atoms with E-state index in [1.165, 1.54) is 18.2 Å². The van der Waals surface area contributed by atoms with Gasteiger partial charge in [0.25, 0.3) is 5.91 Å². The van der Waals surface area contributed by atoms with Crippen LogP contribution in [0.5, 0.6) is 5.75 Å². The molecule has 0 saturated carbocycles. The van der Waals surface area contributed by atoms with Gasteiger partial charge in [-0.25, -0.2) is 4.98 Å². The molecule has 0 aliphatic carbocycles. The third-order valence-corrected chi connectivity index (χ3v) is 3.17. The Morgan fingerprint density at radius 1 is 1.33 bits per heavy atom. The highest BCUT2D eigenvalue weighted by atomic mass is 19.4. The van der Waals surface area contributed by atoms with E-state index in [0.717, 1.165) is 6.07 Å². The second kappa shape index (κ2) is 6.94. The summed E-state index contributed by atoms with van der Waals surface area (Å²) in [5.74, 6) is -0.332. The highest BCUT2D eigenvalue weighted by molar-refractivity contribution is 5.92. The molecule has 1 amide bonds. The number of hydrogen-bond donors (Lipinski definition) is 1. The van der Waals surface area contributed by atoms with Crippen LogP contribution in [0.2, 0.25) is 0 Å². The minimum Gasteiger partial charge on any atom is -0.491 e. The first-order valence-electron chi connectivity index (χ1n) is 7.22. The molecule has 8 heteroatoms. The third kappa shape index (κ3) is 4.27. The van der Waals surface area contributed by atoms with Crippen LogP contribution in [0.4, 0.5) is 13.2 Å². The number of nitrogens with zero attached hydrogens (tertiary/aromatic N) is 1. The Hall–Kier alpha value is -2.51. The number of halogens is 3. The summed E-state index contributed by atoms with van der Waals surface area (Å²) in [5.41, 5.74) is -0.411. The first-order chi connectivity index (χ1) is 11.2. The number of amides is 1. The molecule has 0 radical (unpaired) electrons. The molecule has 130 valence electrons. The van der Waals surface area contributed by atoms with Gasteiger partial charge >= 0.3 is 6.18 Å².